The molecule has 0 aliphatic heterocycles. The molecule has 2 aromatic carbocycles. The number of carbonyl (C=O) groups excluding carboxylic acids is 2. The van der Waals surface area contributed by atoms with Gasteiger partial charge < -0.3 is 15.0 Å². The zero-order chi connectivity index (χ0) is 16.8. The van der Waals surface area contributed by atoms with E-state index in [1.807, 2.05) is 36.4 Å². The molecule has 0 aliphatic carbocycles. The van der Waals surface area contributed by atoms with Crippen LogP contribution in [0.2, 0.25) is 0 Å². The fourth-order valence-electron chi connectivity index (χ4n) is 2.02. The van der Waals surface area contributed by atoms with Crippen molar-refractivity contribution in [2.24, 2.45) is 0 Å². The highest BCUT2D eigenvalue weighted by molar-refractivity contribution is 5.95. The van der Waals surface area contributed by atoms with Crippen molar-refractivity contribution in [3.8, 4) is 5.75 Å². The van der Waals surface area contributed by atoms with Crippen molar-refractivity contribution in [1.29, 1.82) is 0 Å². The Kier molecular flexibility index (Phi) is 5.36. The summed E-state index contributed by atoms with van der Waals surface area (Å²) in [6.45, 7) is -0.00626. The van der Waals surface area contributed by atoms with Crippen LogP contribution < -0.4 is 10.1 Å². The maximum absolute atomic E-state index is 11.7. The number of rotatable bonds is 5. The van der Waals surface area contributed by atoms with Crippen LogP contribution >= 0.6 is 0 Å². The third-order valence-corrected chi connectivity index (χ3v) is 3.41. The topological polar surface area (TPSA) is 58.6 Å². The molecule has 1 N–H and O–H groups in total. The summed E-state index contributed by atoms with van der Waals surface area (Å²) in [6, 6.07) is 11.7. The quantitative estimate of drug-likeness (QED) is 0.860. The summed E-state index contributed by atoms with van der Waals surface area (Å²) in [7, 11) is 4.93. The number of hydrogen-bond acceptors (Lipinski definition) is 3. The van der Waals surface area contributed by atoms with Crippen molar-refractivity contribution >= 4 is 28.7 Å². The van der Waals surface area contributed by atoms with E-state index in [0.717, 1.165) is 22.1 Å². The van der Waals surface area contributed by atoms with Gasteiger partial charge in [-0.05, 0) is 40.6 Å². The summed E-state index contributed by atoms with van der Waals surface area (Å²) in [5.74, 6) is 0.368. The molecule has 5 nitrogen and oxygen atoms in total. The molecule has 0 unspecified atom stereocenters. The molecule has 2 aromatic rings. The lowest BCUT2D eigenvalue weighted by Gasteiger charge is -2.09. The Morgan fingerprint density at radius 1 is 1.13 bits per heavy atom. The molecule has 0 aromatic heterocycles. The number of hydrogen-bond donors (Lipinski definition) is 1. The van der Waals surface area contributed by atoms with Gasteiger partial charge in [0.1, 0.15) is 5.75 Å². The number of nitrogens with zero attached hydrogens (tertiary/aromatic N) is 1. The van der Waals surface area contributed by atoms with Gasteiger partial charge in [-0.1, -0.05) is 18.2 Å². The van der Waals surface area contributed by atoms with Gasteiger partial charge in [0, 0.05) is 20.2 Å². The first-order valence-electron chi connectivity index (χ1n) is 7.23. The number of fused-ring (bicyclic) bond motifs is 1. The monoisotopic (exact) mass is 312 g/mol. The summed E-state index contributed by atoms with van der Waals surface area (Å²) in [5.41, 5.74) is 0.914. The zero-order valence-electron chi connectivity index (χ0n) is 13.5. The van der Waals surface area contributed by atoms with Crippen molar-refractivity contribution in [3.63, 3.8) is 0 Å². The van der Waals surface area contributed by atoms with Crippen LogP contribution in [0.25, 0.3) is 16.8 Å². The minimum absolute atomic E-state index is 0.00626. The molecule has 5 heteroatoms. The van der Waals surface area contributed by atoms with Gasteiger partial charge >= 0.3 is 0 Å². The van der Waals surface area contributed by atoms with Crippen molar-refractivity contribution in [1.82, 2.24) is 10.2 Å². The Morgan fingerprint density at radius 3 is 2.52 bits per heavy atom. The van der Waals surface area contributed by atoms with Crippen molar-refractivity contribution in [3.05, 3.63) is 48.0 Å². The number of ether oxygens (including phenoxy) is 1. The number of amides is 2. The SMILES string of the molecule is COc1ccc2cc(C=CC(=O)NCC(=O)N(C)C)ccc2c1. The van der Waals surface area contributed by atoms with Crippen molar-refractivity contribution < 1.29 is 14.3 Å². The van der Waals surface area contributed by atoms with E-state index in [-0.39, 0.29) is 18.4 Å². The Labute approximate surface area is 135 Å². The minimum Gasteiger partial charge on any atom is -0.497 e. The maximum atomic E-state index is 11.7. The fraction of sp³-hybridized carbons (Fsp3) is 0.222. The van der Waals surface area contributed by atoms with Gasteiger partial charge in [-0.25, -0.2) is 0 Å². The van der Waals surface area contributed by atoms with Gasteiger partial charge in [-0.3, -0.25) is 9.59 Å². The third-order valence-electron chi connectivity index (χ3n) is 3.41. The average Bonchev–Trinajstić information content (AvgIpc) is 2.56. The van der Waals surface area contributed by atoms with E-state index in [1.54, 1.807) is 27.3 Å². The summed E-state index contributed by atoms with van der Waals surface area (Å²) in [5, 5.41) is 4.69. The van der Waals surface area contributed by atoms with Gasteiger partial charge in [-0.2, -0.15) is 0 Å². The van der Waals surface area contributed by atoms with Crippen LogP contribution in [-0.4, -0.2) is 44.5 Å². The number of nitrogens with one attached hydrogen (secondary N) is 1. The molecule has 0 saturated carbocycles. The molecular weight excluding hydrogens is 292 g/mol. The highest BCUT2D eigenvalue weighted by Crippen LogP contribution is 2.22. The number of methoxy groups -OCH3 is 1. The summed E-state index contributed by atoms with van der Waals surface area (Å²) >= 11 is 0. The molecule has 0 spiro atoms. The number of benzene rings is 2. The minimum atomic E-state index is -0.296. The van der Waals surface area contributed by atoms with Crippen LogP contribution in [-0.2, 0) is 9.59 Å². The first kappa shape index (κ1) is 16.5. The summed E-state index contributed by atoms with van der Waals surface area (Å²) in [4.78, 5) is 24.5. The van der Waals surface area contributed by atoms with E-state index in [0.29, 0.717) is 0 Å². The second-order valence-electron chi connectivity index (χ2n) is 5.31. The Hall–Kier alpha value is -2.82. The predicted molar refractivity (Wildman–Crippen MR) is 91.2 cm³/mol. The van der Waals surface area contributed by atoms with Gasteiger partial charge in [-0.15, -0.1) is 0 Å². The number of likely N-dealkylation sites (N-methyl/N-ethyl adjacent to an activating group) is 1. The standard InChI is InChI=1S/C18H20N2O3/c1-20(2)18(22)12-19-17(21)9-5-13-4-6-15-11-16(23-3)8-7-14(15)10-13/h4-11H,12H2,1-3H3,(H,19,21). The Bertz CT molecular complexity index is 751. The molecule has 0 saturated heterocycles. The lowest BCUT2D eigenvalue weighted by atomic mass is 10.1. The predicted octanol–water partition coefficient (Wildman–Crippen LogP) is 2.07. The third kappa shape index (κ3) is 4.57. The van der Waals surface area contributed by atoms with Crippen molar-refractivity contribution in [2.45, 2.75) is 0 Å². The molecule has 0 fully saturated rings. The average molecular weight is 312 g/mol. The second kappa shape index (κ2) is 7.45. The van der Waals surface area contributed by atoms with E-state index in [1.165, 1.54) is 11.0 Å². The molecule has 23 heavy (non-hydrogen) atoms. The highest BCUT2D eigenvalue weighted by Gasteiger charge is 2.04. The van der Waals surface area contributed by atoms with E-state index >= 15 is 0 Å². The smallest absolute Gasteiger partial charge is 0.244 e. The van der Waals surface area contributed by atoms with Crippen LogP contribution in [0.4, 0.5) is 0 Å². The molecule has 2 rings (SSSR count). The van der Waals surface area contributed by atoms with Gasteiger partial charge in [0.2, 0.25) is 11.8 Å². The summed E-state index contributed by atoms with van der Waals surface area (Å²) in [6.07, 6.45) is 3.15. The molecule has 0 aliphatic rings. The normalized spacial score (nSPS) is 10.7. The fourth-order valence-corrected chi connectivity index (χ4v) is 2.02. The van der Waals surface area contributed by atoms with Crippen LogP contribution in [0, 0.1) is 0 Å². The van der Waals surface area contributed by atoms with E-state index in [2.05, 4.69) is 5.32 Å². The first-order chi connectivity index (χ1) is 11.0. The zero-order valence-corrected chi connectivity index (χ0v) is 13.5. The molecule has 2 amide bonds. The second-order valence-corrected chi connectivity index (χ2v) is 5.31. The van der Waals surface area contributed by atoms with Crippen LogP contribution in [0.5, 0.6) is 5.75 Å². The van der Waals surface area contributed by atoms with Gasteiger partial charge in [0.05, 0.1) is 13.7 Å². The Morgan fingerprint density at radius 2 is 1.83 bits per heavy atom. The lowest BCUT2D eigenvalue weighted by Crippen LogP contribution is -2.35. The van der Waals surface area contributed by atoms with E-state index < -0.39 is 0 Å². The highest BCUT2D eigenvalue weighted by atomic mass is 16.5. The van der Waals surface area contributed by atoms with Gasteiger partial charge in [0.25, 0.3) is 0 Å². The summed E-state index contributed by atoms with van der Waals surface area (Å²) < 4.78 is 5.20. The molecule has 0 atom stereocenters. The van der Waals surface area contributed by atoms with E-state index in [9.17, 15) is 9.59 Å². The molecule has 0 heterocycles. The maximum Gasteiger partial charge on any atom is 0.244 e. The van der Waals surface area contributed by atoms with Crippen LogP contribution in [0.1, 0.15) is 5.56 Å². The largest absolute Gasteiger partial charge is 0.497 e. The first-order valence-corrected chi connectivity index (χ1v) is 7.23. The molecule has 0 bridgehead atoms. The number of carbonyl (C=O) groups is 2. The van der Waals surface area contributed by atoms with E-state index in [4.69, 9.17) is 4.74 Å². The molecule has 120 valence electrons. The molecular formula is C18H20N2O3. The van der Waals surface area contributed by atoms with Crippen LogP contribution in [0.15, 0.2) is 42.5 Å². The van der Waals surface area contributed by atoms with Crippen molar-refractivity contribution in [2.75, 3.05) is 27.7 Å². The van der Waals surface area contributed by atoms with Gasteiger partial charge in [0.15, 0.2) is 0 Å². The van der Waals surface area contributed by atoms with Crippen LogP contribution in [0.3, 0.4) is 0 Å². The lowest BCUT2D eigenvalue weighted by molar-refractivity contribution is -0.129. The Balaban J connectivity index is 2.03. The molecule has 0 radical (unpaired) electrons.